The van der Waals surface area contributed by atoms with E-state index in [9.17, 15) is 5.11 Å². The van der Waals surface area contributed by atoms with E-state index < -0.39 is 0 Å². The Morgan fingerprint density at radius 2 is 1.26 bits per heavy atom. The highest BCUT2D eigenvalue weighted by Gasteiger charge is 2.09. The van der Waals surface area contributed by atoms with Gasteiger partial charge in [-0.2, -0.15) is 0 Å². The Balaban J connectivity index is 1.87. The second-order valence-electron chi connectivity index (χ2n) is 7.29. The number of nitrogens with zero attached hydrogens (tertiary/aromatic N) is 2. The molecule has 0 unspecified atom stereocenters. The molecule has 144 valence electrons. The Bertz CT molecular complexity index is 922. The van der Waals surface area contributed by atoms with E-state index >= 15 is 0 Å². The van der Waals surface area contributed by atoms with Crippen LogP contribution in [0.25, 0.3) is 21.5 Å². The van der Waals surface area contributed by atoms with Crippen molar-refractivity contribution in [2.45, 2.75) is 0 Å². The smallest absolute Gasteiger partial charge is 0.124 e. The van der Waals surface area contributed by atoms with Crippen molar-refractivity contribution in [2.75, 3.05) is 54.5 Å². The second kappa shape index (κ2) is 8.46. The first-order chi connectivity index (χ1) is 12.9. The number of hydrogen-bond donors (Lipinski definition) is 1. The Kier molecular flexibility index (Phi) is 6.04. The van der Waals surface area contributed by atoms with Crippen LogP contribution in [0.1, 0.15) is 0 Å². The normalized spacial score (nSPS) is 11.6. The molecule has 0 amide bonds. The van der Waals surface area contributed by atoms with Gasteiger partial charge in [0.1, 0.15) is 30.5 Å². The number of fused-ring (bicyclic) bond motifs is 3. The number of likely N-dealkylation sites (N-methyl/N-ethyl adjacent to an activating group) is 2. The number of aromatic hydroxyl groups is 1. The van der Waals surface area contributed by atoms with Gasteiger partial charge in [-0.25, -0.2) is 0 Å². The maximum atomic E-state index is 10.5. The first-order valence-electron chi connectivity index (χ1n) is 9.18. The first kappa shape index (κ1) is 19.3. The third-order valence-corrected chi connectivity index (χ3v) is 4.49. The minimum absolute atomic E-state index is 0.251. The van der Waals surface area contributed by atoms with Crippen molar-refractivity contribution in [1.82, 2.24) is 9.80 Å². The summed E-state index contributed by atoms with van der Waals surface area (Å²) in [6, 6.07) is 13.7. The van der Waals surface area contributed by atoms with Gasteiger partial charge in [-0.05, 0) is 80.7 Å². The van der Waals surface area contributed by atoms with Gasteiger partial charge in [0.15, 0.2) is 0 Å². The topological polar surface area (TPSA) is 45.2 Å². The summed E-state index contributed by atoms with van der Waals surface area (Å²) in [4.78, 5) is 4.16. The van der Waals surface area contributed by atoms with Crippen molar-refractivity contribution in [2.24, 2.45) is 0 Å². The van der Waals surface area contributed by atoms with Crippen molar-refractivity contribution >= 4 is 21.5 Å². The zero-order valence-corrected chi connectivity index (χ0v) is 16.5. The highest BCUT2D eigenvalue weighted by molar-refractivity contribution is 6.10. The molecule has 0 radical (unpaired) electrons. The van der Waals surface area contributed by atoms with Gasteiger partial charge in [-0.15, -0.1) is 0 Å². The summed E-state index contributed by atoms with van der Waals surface area (Å²) in [5.74, 6) is 1.83. The molecule has 5 heteroatoms. The SMILES string of the molecule is CN(C)CCOc1ccc2c(c1)cc(O)c1cc(OCCN(C)C)ccc12. The van der Waals surface area contributed by atoms with Crippen LogP contribution in [0.3, 0.4) is 0 Å². The lowest BCUT2D eigenvalue weighted by molar-refractivity contribution is 0.261. The number of hydrogen-bond acceptors (Lipinski definition) is 5. The third kappa shape index (κ3) is 4.81. The molecule has 0 saturated heterocycles. The third-order valence-electron chi connectivity index (χ3n) is 4.49. The predicted molar refractivity (Wildman–Crippen MR) is 111 cm³/mol. The summed E-state index contributed by atoms with van der Waals surface area (Å²) in [5.41, 5.74) is 0. The van der Waals surface area contributed by atoms with E-state index in [0.29, 0.717) is 13.2 Å². The molecule has 0 spiro atoms. The molecular formula is C22H28N2O3. The number of ether oxygens (including phenoxy) is 2. The minimum atomic E-state index is 0.251. The van der Waals surface area contributed by atoms with Crippen LogP contribution in [0.15, 0.2) is 42.5 Å². The average Bonchev–Trinajstić information content (AvgIpc) is 2.61. The van der Waals surface area contributed by atoms with Crippen LogP contribution in [0.4, 0.5) is 0 Å². The van der Waals surface area contributed by atoms with E-state index in [4.69, 9.17) is 9.47 Å². The van der Waals surface area contributed by atoms with Crippen molar-refractivity contribution in [3.63, 3.8) is 0 Å². The zero-order valence-electron chi connectivity index (χ0n) is 16.5. The van der Waals surface area contributed by atoms with Crippen LogP contribution in [-0.4, -0.2) is 69.4 Å². The minimum Gasteiger partial charge on any atom is -0.507 e. The molecule has 3 aromatic rings. The first-order valence-corrected chi connectivity index (χ1v) is 9.18. The standard InChI is InChI=1S/C22H28N2O3/c1-23(2)9-11-26-17-5-7-19-16(13-17)14-22(25)21-15-18(6-8-20(19)21)27-12-10-24(3)4/h5-8,13-15,25H,9-12H2,1-4H3. The maximum absolute atomic E-state index is 10.5. The number of rotatable bonds is 8. The lowest BCUT2D eigenvalue weighted by Gasteiger charge is -2.14. The molecule has 1 N–H and O–H groups in total. The van der Waals surface area contributed by atoms with Crippen molar-refractivity contribution in [3.05, 3.63) is 42.5 Å². The van der Waals surface area contributed by atoms with E-state index in [1.54, 1.807) is 6.07 Å². The monoisotopic (exact) mass is 368 g/mol. The summed E-state index contributed by atoms with van der Waals surface area (Å²) in [6.07, 6.45) is 0. The number of benzene rings is 3. The van der Waals surface area contributed by atoms with Crippen LogP contribution in [0.5, 0.6) is 17.2 Å². The van der Waals surface area contributed by atoms with Crippen LogP contribution in [0, 0.1) is 0 Å². The molecular weight excluding hydrogens is 340 g/mol. The van der Waals surface area contributed by atoms with Gasteiger partial charge in [-0.1, -0.05) is 6.07 Å². The predicted octanol–water partition coefficient (Wildman–Crippen LogP) is 3.58. The lowest BCUT2D eigenvalue weighted by atomic mass is 10.0. The van der Waals surface area contributed by atoms with Crippen molar-refractivity contribution in [1.29, 1.82) is 0 Å². The summed E-state index contributed by atoms with van der Waals surface area (Å²) >= 11 is 0. The van der Waals surface area contributed by atoms with E-state index in [1.807, 2.05) is 58.5 Å². The molecule has 0 aliphatic rings. The largest absolute Gasteiger partial charge is 0.507 e. The Morgan fingerprint density at radius 3 is 1.85 bits per heavy atom. The Labute approximate surface area is 160 Å². The molecule has 0 aliphatic carbocycles. The van der Waals surface area contributed by atoms with Gasteiger partial charge >= 0.3 is 0 Å². The fourth-order valence-corrected chi connectivity index (χ4v) is 2.97. The van der Waals surface area contributed by atoms with Gasteiger partial charge in [0, 0.05) is 18.5 Å². The van der Waals surface area contributed by atoms with E-state index in [0.717, 1.165) is 46.1 Å². The number of phenols is 1. The molecule has 0 atom stereocenters. The van der Waals surface area contributed by atoms with Gasteiger partial charge in [0.05, 0.1) is 0 Å². The highest BCUT2D eigenvalue weighted by Crippen LogP contribution is 2.36. The molecule has 0 aliphatic heterocycles. The molecule has 0 saturated carbocycles. The molecule has 0 bridgehead atoms. The maximum Gasteiger partial charge on any atom is 0.124 e. The molecule has 5 nitrogen and oxygen atoms in total. The highest BCUT2D eigenvalue weighted by atomic mass is 16.5. The lowest BCUT2D eigenvalue weighted by Crippen LogP contribution is -2.19. The molecule has 3 aromatic carbocycles. The average molecular weight is 368 g/mol. The van der Waals surface area contributed by atoms with E-state index in [1.165, 1.54) is 0 Å². The summed E-state index contributed by atoms with van der Waals surface area (Å²) in [6.45, 7) is 2.95. The van der Waals surface area contributed by atoms with Crippen LogP contribution >= 0.6 is 0 Å². The molecule has 0 heterocycles. The van der Waals surface area contributed by atoms with Gasteiger partial charge in [-0.3, -0.25) is 0 Å². The van der Waals surface area contributed by atoms with Crippen molar-refractivity contribution < 1.29 is 14.6 Å². The molecule has 27 heavy (non-hydrogen) atoms. The molecule has 0 aromatic heterocycles. The summed E-state index contributed by atoms with van der Waals surface area (Å²) in [7, 11) is 8.07. The van der Waals surface area contributed by atoms with Crippen LogP contribution in [0.2, 0.25) is 0 Å². The number of phenolic OH excluding ortho intramolecular Hbond substituents is 1. The van der Waals surface area contributed by atoms with Gasteiger partial charge in [0.25, 0.3) is 0 Å². The van der Waals surface area contributed by atoms with Gasteiger partial charge in [0.2, 0.25) is 0 Å². The van der Waals surface area contributed by atoms with E-state index in [2.05, 4.69) is 15.9 Å². The van der Waals surface area contributed by atoms with Crippen LogP contribution in [-0.2, 0) is 0 Å². The molecule has 0 fully saturated rings. The fraction of sp³-hybridized carbons (Fsp3) is 0.364. The summed E-state index contributed by atoms with van der Waals surface area (Å²) < 4.78 is 11.6. The Hall–Kier alpha value is -2.50. The zero-order chi connectivity index (χ0) is 19.4. The summed E-state index contributed by atoms with van der Waals surface area (Å²) in [5, 5.41) is 14.4. The second-order valence-corrected chi connectivity index (χ2v) is 7.29. The van der Waals surface area contributed by atoms with Crippen molar-refractivity contribution in [3.8, 4) is 17.2 Å². The van der Waals surface area contributed by atoms with Gasteiger partial charge < -0.3 is 24.4 Å². The Morgan fingerprint density at radius 1 is 0.704 bits per heavy atom. The van der Waals surface area contributed by atoms with E-state index in [-0.39, 0.29) is 5.75 Å². The quantitative estimate of drug-likeness (QED) is 0.616. The molecule has 3 rings (SSSR count). The van der Waals surface area contributed by atoms with Crippen LogP contribution < -0.4 is 9.47 Å². The fourth-order valence-electron chi connectivity index (χ4n) is 2.97.